The fourth-order valence-corrected chi connectivity index (χ4v) is 3.01. The molecule has 0 unspecified atom stereocenters. The highest BCUT2D eigenvalue weighted by Crippen LogP contribution is 2.29. The number of carbonyl (C=O) groups is 1. The fraction of sp³-hybridized carbons (Fsp3) is 0.389. The number of alkyl halides is 3. The van der Waals surface area contributed by atoms with E-state index in [1.165, 1.54) is 16.7 Å². The summed E-state index contributed by atoms with van der Waals surface area (Å²) in [5.41, 5.74) is -1.01. The summed E-state index contributed by atoms with van der Waals surface area (Å²) < 4.78 is 39.1. The van der Waals surface area contributed by atoms with E-state index in [0.29, 0.717) is 31.7 Å². The Hall–Kier alpha value is -2.84. The van der Waals surface area contributed by atoms with Crippen LogP contribution in [-0.4, -0.2) is 34.6 Å². The van der Waals surface area contributed by atoms with Crippen molar-refractivity contribution in [2.24, 2.45) is 0 Å². The van der Waals surface area contributed by atoms with Crippen molar-refractivity contribution in [1.82, 2.24) is 14.9 Å². The summed E-state index contributed by atoms with van der Waals surface area (Å²) in [6, 6.07) is 7.04. The Morgan fingerprint density at radius 2 is 1.93 bits per heavy atom. The van der Waals surface area contributed by atoms with E-state index in [1.54, 1.807) is 18.3 Å². The SMILES string of the molecule is O=C(Cn1ccccc1=O)NC1CCN(c2ccc(C(F)(F)F)cn2)CC1. The van der Waals surface area contributed by atoms with Crippen LogP contribution in [0.4, 0.5) is 19.0 Å². The molecule has 0 saturated carbocycles. The minimum absolute atomic E-state index is 0.0392. The predicted molar refractivity (Wildman–Crippen MR) is 93.3 cm³/mol. The summed E-state index contributed by atoms with van der Waals surface area (Å²) in [5, 5.41) is 2.90. The van der Waals surface area contributed by atoms with Crippen LogP contribution in [0.1, 0.15) is 18.4 Å². The van der Waals surface area contributed by atoms with Crippen molar-refractivity contribution in [2.75, 3.05) is 18.0 Å². The number of pyridine rings is 2. The van der Waals surface area contributed by atoms with E-state index in [9.17, 15) is 22.8 Å². The van der Waals surface area contributed by atoms with Gasteiger partial charge in [0.25, 0.3) is 5.56 Å². The number of hydrogen-bond donors (Lipinski definition) is 1. The van der Waals surface area contributed by atoms with Gasteiger partial charge in [0.05, 0.1) is 5.56 Å². The lowest BCUT2D eigenvalue weighted by Gasteiger charge is -2.33. The molecule has 0 aromatic carbocycles. The van der Waals surface area contributed by atoms with E-state index in [1.807, 2.05) is 4.90 Å². The first kappa shape index (κ1) is 18.9. The zero-order chi connectivity index (χ0) is 19.4. The van der Waals surface area contributed by atoms with Gasteiger partial charge in [0.15, 0.2) is 0 Å². The first-order valence-electron chi connectivity index (χ1n) is 8.56. The van der Waals surface area contributed by atoms with E-state index in [0.717, 1.165) is 12.3 Å². The second-order valence-electron chi connectivity index (χ2n) is 6.40. The number of halogens is 3. The molecule has 0 atom stereocenters. The van der Waals surface area contributed by atoms with Crippen molar-refractivity contribution < 1.29 is 18.0 Å². The quantitative estimate of drug-likeness (QED) is 0.882. The number of hydrogen-bond acceptors (Lipinski definition) is 4. The van der Waals surface area contributed by atoms with Crippen LogP contribution >= 0.6 is 0 Å². The summed E-state index contributed by atoms with van der Waals surface area (Å²) in [5.74, 6) is 0.248. The van der Waals surface area contributed by atoms with Crippen LogP contribution < -0.4 is 15.8 Å². The third-order valence-electron chi connectivity index (χ3n) is 4.47. The van der Waals surface area contributed by atoms with Crippen molar-refractivity contribution in [3.63, 3.8) is 0 Å². The van der Waals surface area contributed by atoms with Crippen molar-refractivity contribution in [1.29, 1.82) is 0 Å². The predicted octanol–water partition coefficient (Wildman–Crippen LogP) is 2.05. The van der Waals surface area contributed by atoms with Crippen LogP contribution in [0.15, 0.2) is 47.5 Å². The van der Waals surface area contributed by atoms with E-state index < -0.39 is 11.7 Å². The summed E-state index contributed by atoms with van der Waals surface area (Å²) >= 11 is 0. The van der Waals surface area contributed by atoms with Gasteiger partial charge in [-0.1, -0.05) is 6.07 Å². The highest BCUT2D eigenvalue weighted by Gasteiger charge is 2.31. The molecule has 0 spiro atoms. The Morgan fingerprint density at radius 1 is 1.19 bits per heavy atom. The van der Waals surface area contributed by atoms with Crippen LogP contribution in [0.3, 0.4) is 0 Å². The van der Waals surface area contributed by atoms with E-state index in [4.69, 9.17) is 0 Å². The summed E-state index contributed by atoms with van der Waals surface area (Å²) in [4.78, 5) is 29.5. The Labute approximate surface area is 153 Å². The van der Waals surface area contributed by atoms with Crippen molar-refractivity contribution >= 4 is 11.7 Å². The smallest absolute Gasteiger partial charge is 0.356 e. The van der Waals surface area contributed by atoms with Gasteiger partial charge in [-0.05, 0) is 31.0 Å². The first-order valence-corrected chi connectivity index (χ1v) is 8.56. The summed E-state index contributed by atoms with van der Waals surface area (Å²) in [6.45, 7) is 1.11. The monoisotopic (exact) mass is 380 g/mol. The minimum Gasteiger partial charge on any atom is -0.356 e. The Morgan fingerprint density at radius 3 is 2.52 bits per heavy atom. The highest BCUT2D eigenvalue weighted by molar-refractivity contribution is 5.76. The molecule has 2 aromatic rings. The number of piperidine rings is 1. The molecule has 1 N–H and O–H groups in total. The highest BCUT2D eigenvalue weighted by atomic mass is 19.4. The van der Waals surface area contributed by atoms with Gasteiger partial charge in [-0.2, -0.15) is 13.2 Å². The maximum absolute atomic E-state index is 12.6. The van der Waals surface area contributed by atoms with Gasteiger partial charge in [-0.25, -0.2) is 4.98 Å². The number of nitrogens with zero attached hydrogens (tertiary/aromatic N) is 3. The number of rotatable bonds is 4. The first-order chi connectivity index (χ1) is 12.8. The fourth-order valence-electron chi connectivity index (χ4n) is 3.01. The Kier molecular flexibility index (Phi) is 5.48. The van der Waals surface area contributed by atoms with E-state index in [-0.39, 0.29) is 24.1 Å². The summed E-state index contributed by atoms with van der Waals surface area (Å²) in [6.07, 6.45) is -0.707. The van der Waals surface area contributed by atoms with Gasteiger partial charge in [-0.3, -0.25) is 9.59 Å². The molecular weight excluding hydrogens is 361 g/mol. The number of carbonyl (C=O) groups excluding carboxylic acids is 1. The van der Waals surface area contributed by atoms with Crippen molar-refractivity contribution in [3.8, 4) is 0 Å². The van der Waals surface area contributed by atoms with Gasteiger partial charge < -0.3 is 14.8 Å². The molecule has 27 heavy (non-hydrogen) atoms. The molecule has 144 valence electrons. The molecule has 1 aliphatic rings. The number of aromatic nitrogens is 2. The maximum atomic E-state index is 12.6. The zero-order valence-electron chi connectivity index (χ0n) is 14.4. The summed E-state index contributed by atoms with van der Waals surface area (Å²) in [7, 11) is 0. The van der Waals surface area contributed by atoms with E-state index >= 15 is 0 Å². The average Bonchev–Trinajstić information content (AvgIpc) is 2.64. The minimum atomic E-state index is -4.40. The van der Waals surface area contributed by atoms with Gasteiger partial charge >= 0.3 is 6.18 Å². The van der Waals surface area contributed by atoms with Crippen LogP contribution in [0.2, 0.25) is 0 Å². The lowest BCUT2D eigenvalue weighted by Crippen LogP contribution is -2.46. The second-order valence-corrected chi connectivity index (χ2v) is 6.40. The number of amides is 1. The number of anilines is 1. The topological polar surface area (TPSA) is 67.2 Å². The third-order valence-corrected chi connectivity index (χ3v) is 4.47. The third kappa shape index (κ3) is 4.87. The van der Waals surface area contributed by atoms with E-state index in [2.05, 4.69) is 10.3 Å². The standard InChI is InChI=1S/C18H19F3N4O2/c19-18(20,21)13-4-5-15(22-11-13)24-9-6-14(7-10-24)23-16(26)12-25-8-2-1-3-17(25)27/h1-5,8,11,14H,6-7,9-10,12H2,(H,23,26). The zero-order valence-corrected chi connectivity index (χ0v) is 14.4. The van der Waals surface area contributed by atoms with Crippen molar-refractivity contribution in [2.45, 2.75) is 31.6 Å². The molecule has 6 nitrogen and oxygen atoms in total. The second kappa shape index (κ2) is 7.81. The molecule has 1 amide bonds. The molecule has 1 saturated heterocycles. The Bertz CT molecular complexity index is 841. The van der Waals surface area contributed by atoms with Crippen LogP contribution in [0.5, 0.6) is 0 Å². The molecule has 9 heteroatoms. The van der Waals surface area contributed by atoms with Crippen molar-refractivity contribution in [3.05, 3.63) is 58.6 Å². The molecular formula is C18H19F3N4O2. The average molecular weight is 380 g/mol. The van der Waals surface area contributed by atoms with Gasteiger partial charge in [-0.15, -0.1) is 0 Å². The van der Waals surface area contributed by atoms with Crippen LogP contribution in [0.25, 0.3) is 0 Å². The lowest BCUT2D eigenvalue weighted by atomic mass is 10.0. The number of nitrogens with one attached hydrogen (secondary N) is 1. The van der Waals surface area contributed by atoms with Gasteiger partial charge in [0.2, 0.25) is 5.91 Å². The van der Waals surface area contributed by atoms with Gasteiger partial charge in [0, 0.05) is 37.6 Å². The molecule has 3 heterocycles. The largest absolute Gasteiger partial charge is 0.417 e. The van der Waals surface area contributed by atoms with Gasteiger partial charge in [0.1, 0.15) is 12.4 Å². The molecule has 1 fully saturated rings. The molecule has 2 aromatic heterocycles. The Balaban J connectivity index is 1.51. The molecule has 1 aliphatic heterocycles. The lowest BCUT2D eigenvalue weighted by molar-refractivity contribution is -0.137. The molecule has 0 bridgehead atoms. The maximum Gasteiger partial charge on any atom is 0.417 e. The molecule has 3 rings (SSSR count). The van der Waals surface area contributed by atoms with Crippen LogP contribution in [-0.2, 0) is 17.5 Å². The normalized spacial score (nSPS) is 15.6. The molecule has 0 aliphatic carbocycles. The van der Waals surface area contributed by atoms with Crippen LogP contribution in [0, 0.1) is 0 Å². The molecule has 0 radical (unpaired) electrons.